The van der Waals surface area contributed by atoms with E-state index in [1.54, 1.807) is 11.3 Å². The molecule has 0 saturated heterocycles. The van der Waals surface area contributed by atoms with Crippen molar-refractivity contribution < 1.29 is 4.74 Å². The quantitative estimate of drug-likeness (QED) is 0.795. The summed E-state index contributed by atoms with van der Waals surface area (Å²) in [6, 6.07) is 9.96. The van der Waals surface area contributed by atoms with E-state index < -0.39 is 0 Å². The number of nitrogens with one attached hydrogen (secondary N) is 1. The van der Waals surface area contributed by atoms with E-state index in [1.807, 2.05) is 24.3 Å². The number of halogens is 2. The summed E-state index contributed by atoms with van der Waals surface area (Å²) in [6.07, 6.45) is 0. The molecule has 0 aliphatic carbocycles. The van der Waals surface area contributed by atoms with Gasteiger partial charge in [0.25, 0.3) is 0 Å². The lowest BCUT2D eigenvalue weighted by Gasteiger charge is -2.11. The van der Waals surface area contributed by atoms with Crippen LogP contribution in [0.5, 0.6) is 5.75 Å². The molecule has 2 rings (SSSR count). The highest BCUT2D eigenvalue weighted by Crippen LogP contribution is 2.26. The number of hydrogen-bond donors (Lipinski definition) is 1. The van der Waals surface area contributed by atoms with Crippen molar-refractivity contribution in [2.45, 2.75) is 20.1 Å². The summed E-state index contributed by atoms with van der Waals surface area (Å²) in [4.78, 5) is 1.13. The Morgan fingerprint density at radius 1 is 1.32 bits per heavy atom. The second-order valence-corrected chi connectivity index (χ2v) is 6.74. The van der Waals surface area contributed by atoms with E-state index in [1.165, 1.54) is 0 Å². The molecule has 0 radical (unpaired) electrons. The van der Waals surface area contributed by atoms with Crippen LogP contribution in [0.15, 0.2) is 34.8 Å². The molecule has 0 spiro atoms. The van der Waals surface area contributed by atoms with Gasteiger partial charge < -0.3 is 10.1 Å². The van der Waals surface area contributed by atoms with Crippen molar-refractivity contribution in [2.24, 2.45) is 0 Å². The Morgan fingerprint density at radius 3 is 2.84 bits per heavy atom. The predicted molar refractivity (Wildman–Crippen MR) is 85.2 cm³/mol. The molecule has 0 saturated carbocycles. The van der Waals surface area contributed by atoms with Gasteiger partial charge >= 0.3 is 0 Å². The lowest BCUT2D eigenvalue weighted by atomic mass is 10.2. The second-order valence-electron chi connectivity index (χ2n) is 4.03. The van der Waals surface area contributed by atoms with E-state index in [2.05, 4.69) is 34.2 Å². The molecule has 1 aromatic carbocycles. The molecule has 19 heavy (non-hydrogen) atoms. The van der Waals surface area contributed by atoms with Crippen molar-refractivity contribution in [3.05, 3.63) is 49.6 Å². The number of ether oxygens (including phenoxy) is 1. The summed E-state index contributed by atoms with van der Waals surface area (Å²) in [5.74, 6) is 0.911. The molecule has 0 bridgehead atoms. The molecule has 2 nitrogen and oxygen atoms in total. The molecular weight excluding hydrogens is 346 g/mol. The lowest BCUT2D eigenvalue weighted by molar-refractivity contribution is 0.305. The first-order chi connectivity index (χ1) is 9.19. The summed E-state index contributed by atoms with van der Waals surface area (Å²) in [7, 11) is 0. The maximum Gasteiger partial charge on any atom is 0.124 e. The zero-order valence-corrected chi connectivity index (χ0v) is 13.7. The van der Waals surface area contributed by atoms with Crippen LogP contribution in [0.25, 0.3) is 0 Å². The van der Waals surface area contributed by atoms with Gasteiger partial charge in [0, 0.05) is 21.5 Å². The Morgan fingerprint density at radius 2 is 2.16 bits per heavy atom. The summed E-state index contributed by atoms with van der Waals surface area (Å²) in [6.45, 7) is 4.38. The van der Waals surface area contributed by atoms with Gasteiger partial charge in [-0.3, -0.25) is 0 Å². The first kappa shape index (κ1) is 14.9. The van der Waals surface area contributed by atoms with Crippen LogP contribution in [0.4, 0.5) is 0 Å². The van der Waals surface area contributed by atoms with E-state index in [9.17, 15) is 0 Å². The monoisotopic (exact) mass is 359 g/mol. The summed E-state index contributed by atoms with van der Waals surface area (Å²) in [5, 5.41) is 3.32. The molecule has 0 atom stereocenters. The fourth-order valence-electron chi connectivity index (χ4n) is 1.66. The molecule has 1 aromatic heterocycles. The maximum absolute atomic E-state index is 5.91. The first-order valence-corrected chi connectivity index (χ1v) is 8.04. The third-order valence-corrected chi connectivity index (χ3v) is 4.28. The van der Waals surface area contributed by atoms with E-state index >= 15 is 0 Å². The van der Waals surface area contributed by atoms with Crippen LogP contribution in [0, 0.1) is 0 Å². The average molecular weight is 361 g/mol. The van der Waals surface area contributed by atoms with Crippen molar-refractivity contribution >= 4 is 38.9 Å². The Bertz CT molecular complexity index is 544. The normalized spacial score (nSPS) is 10.7. The highest BCUT2D eigenvalue weighted by Gasteiger charge is 2.06. The molecule has 1 N–H and O–H groups in total. The molecule has 0 amide bonds. The van der Waals surface area contributed by atoms with E-state index in [0.29, 0.717) is 6.61 Å². The molecule has 2 aromatic rings. The van der Waals surface area contributed by atoms with Crippen LogP contribution in [-0.4, -0.2) is 6.54 Å². The Hall–Kier alpha value is -0.550. The van der Waals surface area contributed by atoms with Gasteiger partial charge in [-0.1, -0.05) is 34.5 Å². The van der Waals surface area contributed by atoms with Crippen LogP contribution in [0.3, 0.4) is 0 Å². The van der Waals surface area contributed by atoms with Crippen LogP contribution in [-0.2, 0) is 13.2 Å². The minimum atomic E-state index is 0.554. The largest absolute Gasteiger partial charge is 0.488 e. The molecule has 0 unspecified atom stereocenters. The van der Waals surface area contributed by atoms with Crippen molar-refractivity contribution in [3.8, 4) is 5.75 Å². The fourth-order valence-corrected chi connectivity index (χ4v) is 3.07. The number of benzene rings is 1. The highest BCUT2D eigenvalue weighted by atomic mass is 79.9. The zero-order chi connectivity index (χ0) is 13.7. The van der Waals surface area contributed by atoms with Crippen molar-refractivity contribution in [1.29, 1.82) is 0 Å². The molecular formula is C14H15BrClNOS. The average Bonchev–Trinajstić information content (AvgIpc) is 2.81. The van der Waals surface area contributed by atoms with E-state index in [4.69, 9.17) is 16.3 Å². The Kier molecular flexibility index (Phi) is 5.70. The summed E-state index contributed by atoms with van der Waals surface area (Å²) < 4.78 is 7.74. The summed E-state index contributed by atoms with van der Waals surface area (Å²) >= 11 is 10.9. The summed E-state index contributed by atoms with van der Waals surface area (Å²) in [5.41, 5.74) is 1.15. The third-order valence-electron chi connectivity index (χ3n) is 2.59. The van der Waals surface area contributed by atoms with Gasteiger partial charge in [-0.25, -0.2) is 0 Å². The Balaban J connectivity index is 2.05. The molecule has 5 heteroatoms. The minimum Gasteiger partial charge on any atom is -0.488 e. The lowest BCUT2D eigenvalue weighted by Crippen LogP contribution is -2.12. The molecule has 0 fully saturated rings. The smallest absolute Gasteiger partial charge is 0.124 e. The fraction of sp³-hybridized carbons (Fsp3) is 0.286. The third kappa shape index (κ3) is 4.49. The van der Waals surface area contributed by atoms with Gasteiger partial charge in [0.2, 0.25) is 0 Å². The standard InChI is InChI=1S/C14H15BrClNOS/c1-2-17-8-10-7-11(15)3-5-13(10)18-9-12-4-6-14(16)19-12/h3-7,17H,2,8-9H2,1H3. The van der Waals surface area contributed by atoms with Gasteiger partial charge in [-0.05, 0) is 36.9 Å². The molecule has 0 aliphatic rings. The second kappa shape index (κ2) is 7.29. The van der Waals surface area contributed by atoms with Gasteiger partial charge in [-0.2, -0.15) is 0 Å². The topological polar surface area (TPSA) is 21.3 Å². The SMILES string of the molecule is CCNCc1cc(Br)ccc1OCc1ccc(Cl)s1. The van der Waals surface area contributed by atoms with Crippen molar-refractivity contribution in [2.75, 3.05) is 6.54 Å². The van der Waals surface area contributed by atoms with Gasteiger partial charge in [-0.15, -0.1) is 11.3 Å². The van der Waals surface area contributed by atoms with Gasteiger partial charge in [0.05, 0.1) is 4.34 Å². The number of rotatable bonds is 6. The molecule has 1 heterocycles. The van der Waals surface area contributed by atoms with Gasteiger partial charge in [0.1, 0.15) is 12.4 Å². The van der Waals surface area contributed by atoms with Crippen LogP contribution in [0.2, 0.25) is 4.34 Å². The molecule has 102 valence electrons. The number of hydrogen-bond acceptors (Lipinski definition) is 3. The van der Waals surface area contributed by atoms with E-state index in [-0.39, 0.29) is 0 Å². The van der Waals surface area contributed by atoms with Gasteiger partial charge in [0.15, 0.2) is 0 Å². The Labute approximate surface area is 130 Å². The van der Waals surface area contributed by atoms with E-state index in [0.717, 1.165) is 38.1 Å². The zero-order valence-electron chi connectivity index (χ0n) is 10.6. The van der Waals surface area contributed by atoms with Crippen molar-refractivity contribution in [3.63, 3.8) is 0 Å². The highest BCUT2D eigenvalue weighted by molar-refractivity contribution is 9.10. The maximum atomic E-state index is 5.91. The van der Waals surface area contributed by atoms with Crippen molar-refractivity contribution in [1.82, 2.24) is 5.32 Å². The van der Waals surface area contributed by atoms with Crippen LogP contribution in [0.1, 0.15) is 17.4 Å². The minimum absolute atomic E-state index is 0.554. The molecule has 0 aliphatic heterocycles. The number of thiophene rings is 1. The van der Waals surface area contributed by atoms with Crippen LogP contribution < -0.4 is 10.1 Å². The predicted octanol–water partition coefficient (Wildman–Crippen LogP) is 4.85. The van der Waals surface area contributed by atoms with Crippen LogP contribution >= 0.6 is 38.9 Å². The first-order valence-electron chi connectivity index (χ1n) is 6.05.